The number of thiophene rings is 2. The summed E-state index contributed by atoms with van der Waals surface area (Å²) >= 11 is 3.46. The third-order valence-corrected chi connectivity index (χ3v) is 9.66. The summed E-state index contributed by atoms with van der Waals surface area (Å²) in [5.41, 5.74) is 0. The van der Waals surface area contributed by atoms with Crippen molar-refractivity contribution in [3.8, 4) is 21.5 Å². The summed E-state index contributed by atoms with van der Waals surface area (Å²) in [6, 6.07) is 18.0. The molecule has 0 spiro atoms. The molecule has 0 fully saturated rings. The van der Waals surface area contributed by atoms with E-state index in [1.54, 1.807) is 35.1 Å². The van der Waals surface area contributed by atoms with Gasteiger partial charge in [-0.1, -0.05) is 51.2 Å². The first-order chi connectivity index (χ1) is 19.6. The number of hydrogen-bond donors (Lipinski definition) is 1. The van der Waals surface area contributed by atoms with Gasteiger partial charge in [-0.05, 0) is 82.1 Å². The highest BCUT2D eigenvalue weighted by molar-refractivity contribution is 7.22. The Balaban J connectivity index is 1.16. The Bertz CT molecular complexity index is 1960. The average Bonchev–Trinajstić information content (AvgIpc) is 3.75. The van der Waals surface area contributed by atoms with E-state index in [-0.39, 0.29) is 0 Å². The number of unbranched alkanes of at least 4 members (excludes halogenated alkanes) is 5. The number of nitrogens with zero attached hydrogens (tertiary/aromatic N) is 2. The van der Waals surface area contributed by atoms with Crippen molar-refractivity contribution < 1.29 is 8.83 Å². The van der Waals surface area contributed by atoms with Crippen LogP contribution in [0.1, 0.15) is 51.2 Å². The molecular weight excluding hydrogens is 535 g/mol. The van der Waals surface area contributed by atoms with Crippen LogP contribution >= 0.6 is 22.7 Å². The van der Waals surface area contributed by atoms with Crippen LogP contribution in [0.3, 0.4) is 0 Å². The normalized spacial score (nSPS) is 11.9. The highest BCUT2D eigenvalue weighted by Crippen LogP contribution is 2.40. The molecule has 202 valence electrons. The number of aromatic nitrogens is 2. The van der Waals surface area contributed by atoms with Gasteiger partial charge in [0.25, 0.3) is 0 Å². The van der Waals surface area contributed by atoms with Gasteiger partial charge in [0.05, 0.1) is 22.1 Å². The van der Waals surface area contributed by atoms with E-state index < -0.39 is 0 Å². The molecule has 0 radical (unpaired) electrons. The molecule has 0 unspecified atom stereocenters. The largest absolute Gasteiger partial charge is 0.441 e. The molecule has 0 saturated carbocycles. The Kier molecular flexibility index (Phi) is 6.77. The van der Waals surface area contributed by atoms with Crippen molar-refractivity contribution in [2.45, 2.75) is 52.4 Å². The van der Waals surface area contributed by atoms with Crippen molar-refractivity contribution in [3.63, 3.8) is 0 Å². The topological polar surface area (TPSA) is 64.1 Å². The summed E-state index contributed by atoms with van der Waals surface area (Å²) < 4.78 is 14.3. The van der Waals surface area contributed by atoms with Gasteiger partial charge in [-0.15, -0.1) is 22.7 Å². The molecule has 0 amide bonds. The van der Waals surface area contributed by atoms with Crippen LogP contribution in [0.5, 0.6) is 0 Å². The predicted molar refractivity (Wildman–Crippen MR) is 170 cm³/mol. The van der Waals surface area contributed by atoms with Gasteiger partial charge in [-0.2, -0.15) is 0 Å². The van der Waals surface area contributed by atoms with Gasteiger partial charge in [-0.25, -0.2) is 9.97 Å². The summed E-state index contributed by atoms with van der Waals surface area (Å²) in [5.74, 6) is 2.94. The lowest BCUT2D eigenvalue weighted by molar-refractivity contribution is 0.544. The zero-order chi connectivity index (χ0) is 27.1. The molecule has 0 bridgehead atoms. The average molecular weight is 566 g/mol. The summed E-state index contributed by atoms with van der Waals surface area (Å²) in [7, 11) is 0. The molecule has 1 N–H and O–H groups in total. The van der Waals surface area contributed by atoms with Crippen LogP contribution in [0.15, 0.2) is 69.8 Å². The number of rotatable bonds is 10. The Hall–Kier alpha value is -3.68. The minimum atomic E-state index is 0.676. The van der Waals surface area contributed by atoms with E-state index in [9.17, 15) is 0 Å². The maximum absolute atomic E-state index is 6.08. The Morgan fingerprint density at radius 2 is 1.27 bits per heavy atom. The van der Waals surface area contributed by atoms with E-state index in [4.69, 9.17) is 8.83 Å². The second-order valence-corrected chi connectivity index (χ2v) is 12.7. The zero-order valence-electron chi connectivity index (χ0n) is 22.8. The predicted octanol–water partition coefficient (Wildman–Crippen LogP) is 10.8. The Morgan fingerprint density at radius 3 is 1.90 bits per heavy atom. The molecule has 0 aliphatic rings. The number of hydrogen-bond acceptors (Lipinski definition) is 7. The summed E-state index contributed by atoms with van der Waals surface area (Å²) in [5, 5.41) is 10.8. The van der Waals surface area contributed by atoms with Gasteiger partial charge in [-0.3, -0.25) is 0 Å². The van der Waals surface area contributed by atoms with Gasteiger partial charge < -0.3 is 14.2 Å². The molecule has 4 aromatic heterocycles. The summed E-state index contributed by atoms with van der Waals surface area (Å²) in [6.45, 7) is 5.10. The van der Waals surface area contributed by atoms with Crippen molar-refractivity contribution in [3.05, 3.63) is 66.7 Å². The molecule has 4 heterocycles. The maximum Gasteiger partial charge on any atom is 0.238 e. The third-order valence-electron chi connectivity index (χ3n) is 7.49. The number of aryl methyl sites for hydroxylation is 1. The first kappa shape index (κ1) is 25.3. The van der Waals surface area contributed by atoms with Crippen LogP contribution in [-0.2, 0) is 0 Å². The molecule has 7 rings (SSSR count). The molecule has 40 heavy (non-hydrogen) atoms. The first-order valence-electron chi connectivity index (χ1n) is 14.1. The van der Waals surface area contributed by atoms with Crippen LogP contribution in [0, 0.1) is 6.92 Å². The third kappa shape index (κ3) is 4.88. The van der Waals surface area contributed by atoms with Crippen molar-refractivity contribution >= 4 is 70.3 Å². The standard InChI is InChI=1S/C33H31N3O2S2/c1-3-4-5-6-7-8-11-34-31-19-36-33(38-31)30-15-24-13-22-10-9-21-12-23-14-29(32-35-18-20(2)37-32)39-27(23)16-25(21)26(22)17-28(24)40-30/h9-10,12-19,34H,3-8,11H2,1-2H3. The number of benzene rings is 3. The molecular formula is C33H31N3O2S2. The summed E-state index contributed by atoms with van der Waals surface area (Å²) in [6.07, 6.45) is 11.3. The van der Waals surface area contributed by atoms with E-state index >= 15 is 0 Å². The van der Waals surface area contributed by atoms with Gasteiger partial charge in [0, 0.05) is 15.9 Å². The van der Waals surface area contributed by atoms with Gasteiger partial charge >= 0.3 is 0 Å². The number of anilines is 1. The monoisotopic (exact) mass is 565 g/mol. The van der Waals surface area contributed by atoms with Crippen molar-refractivity contribution in [2.24, 2.45) is 0 Å². The molecule has 0 saturated heterocycles. The highest BCUT2D eigenvalue weighted by Gasteiger charge is 2.14. The van der Waals surface area contributed by atoms with Gasteiger partial charge in [0.1, 0.15) is 5.76 Å². The second kappa shape index (κ2) is 10.7. The van der Waals surface area contributed by atoms with Crippen molar-refractivity contribution in [1.29, 1.82) is 0 Å². The van der Waals surface area contributed by atoms with Crippen LogP contribution in [-0.4, -0.2) is 16.5 Å². The quantitative estimate of drug-likeness (QED) is 0.132. The van der Waals surface area contributed by atoms with Gasteiger partial charge in [0.2, 0.25) is 17.7 Å². The maximum atomic E-state index is 6.08. The molecule has 5 nitrogen and oxygen atoms in total. The lowest BCUT2D eigenvalue weighted by Crippen LogP contribution is -1.99. The fourth-order valence-electron chi connectivity index (χ4n) is 5.40. The zero-order valence-corrected chi connectivity index (χ0v) is 24.4. The molecule has 7 heteroatoms. The lowest BCUT2D eigenvalue weighted by Gasteiger charge is -2.05. The van der Waals surface area contributed by atoms with E-state index in [0.29, 0.717) is 11.8 Å². The van der Waals surface area contributed by atoms with Crippen LogP contribution in [0.4, 0.5) is 5.88 Å². The Labute approximate surface area is 240 Å². The number of fused-ring (bicyclic) bond motifs is 5. The lowest BCUT2D eigenvalue weighted by atomic mass is 10.00. The van der Waals surface area contributed by atoms with E-state index in [0.717, 1.165) is 34.4 Å². The molecule has 0 aliphatic carbocycles. The van der Waals surface area contributed by atoms with Crippen molar-refractivity contribution in [2.75, 3.05) is 11.9 Å². The fraction of sp³-hybridized carbons (Fsp3) is 0.273. The SMILES string of the molecule is CCCCCCCCNc1cnc(-c2cc3cc4ccc5cc6cc(-c7ncc(C)o7)sc6cc5c4cc3s2)o1. The molecule has 3 aromatic carbocycles. The fourth-order valence-corrected chi connectivity index (χ4v) is 7.43. The smallest absolute Gasteiger partial charge is 0.238 e. The van der Waals surface area contributed by atoms with E-state index in [1.807, 2.05) is 6.92 Å². The van der Waals surface area contributed by atoms with Crippen molar-refractivity contribution in [1.82, 2.24) is 9.97 Å². The van der Waals surface area contributed by atoms with Crippen LogP contribution in [0.2, 0.25) is 0 Å². The minimum absolute atomic E-state index is 0.676. The van der Waals surface area contributed by atoms with Gasteiger partial charge in [0.15, 0.2) is 0 Å². The Morgan fingerprint density at radius 1 is 0.675 bits per heavy atom. The summed E-state index contributed by atoms with van der Waals surface area (Å²) in [4.78, 5) is 11.1. The van der Waals surface area contributed by atoms with Crippen LogP contribution < -0.4 is 5.32 Å². The number of nitrogens with one attached hydrogen (secondary N) is 1. The minimum Gasteiger partial charge on any atom is -0.441 e. The molecule has 0 atom stereocenters. The van der Waals surface area contributed by atoms with E-state index in [2.05, 4.69) is 70.7 Å². The number of oxazole rings is 2. The first-order valence-corrected chi connectivity index (χ1v) is 15.7. The van der Waals surface area contributed by atoms with E-state index in [1.165, 1.54) is 73.8 Å². The second-order valence-electron chi connectivity index (χ2n) is 10.5. The molecule has 7 aromatic rings. The van der Waals surface area contributed by atoms with Crippen LogP contribution in [0.25, 0.3) is 63.3 Å². The molecule has 0 aliphatic heterocycles. The highest BCUT2D eigenvalue weighted by atomic mass is 32.1.